The fourth-order valence-corrected chi connectivity index (χ4v) is 12.9. The average molecular weight is 679 g/mol. The highest BCUT2D eigenvalue weighted by Crippen LogP contribution is 2.66. The molecule has 8 aromatic rings. The fraction of sp³-hybridized carbons (Fsp3) is 0.0638. The van der Waals surface area contributed by atoms with Gasteiger partial charge in [-0.3, -0.25) is 0 Å². The van der Waals surface area contributed by atoms with Crippen LogP contribution in [0.2, 0.25) is 0 Å². The van der Waals surface area contributed by atoms with E-state index >= 15 is 0 Å². The maximum absolute atomic E-state index is 7.46. The van der Waals surface area contributed by atoms with Crippen LogP contribution in [0.3, 0.4) is 0 Å². The van der Waals surface area contributed by atoms with Crippen LogP contribution < -0.4 is 4.74 Å². The Kier molecular flexibility index (Phi) is 7.70. The van der Waals surface area contributed by atoms with Crippen molar-refractivity contribution in [1.82, 2.24) is 0 Å². The molecule has 50 heavy (non-hydrogen) atoms. The monoisotopic (exact) mass is 678 g/mol. The van der Waals surface area contributed by atoms with Crippen LogP contribution in [0.15, 0.2) is 182 Å². The van der Waals surface area contributed by atoms with Gasteiger partial charge < -0.3 is 4.74 Å². The molecule has 9 rings (SSSR count). The molecule has 240 valence electrons. The Morgan fingerprint density at radius 1 is 0.340 bits per heavy atom. The van der Waals surface area contributed by atoms with Gasteiger partial charge in [-0.25, -0.2) is 0 Å². The molecule has 0 atom stereocenters. The van der Waals surface area contributed by atoms with E-state index in [4.69, 9.17) is 4.74 Å². The summed E-state index contributed by atoms with van der Waals surface area (Å²) in [6.45, 7) is 4.74. The summed E-state index contributed by atoms with van der Waals surface area (Å²) in [5, 5.41) is 7.97. The molecule has 0 unspecified atom stereocenters. The lowest BCUT2D eigenvalue weighted by Crippen LogP contribution is -2.24. The second-order valence-corrected chi connectivity index (χ2v) is 17.6. The van der Waals surface area contributed by atoms with Crippen LogP contribution in [-0.4, -0.2) is 0 Å². The lowest BCUT2D eigenvalue weighted by Gasteiger charge is -2.37. The predicted octanol–water partition coefficient (Wildman–Crippen LogP) is 14.7. The molecule has 0 saturated heterocycles. The summed E-state index contributed by atoms with van der Waals surface area (Å²) >= 11 is 0. The molecule has 0 radical (unpaired) electrons. The van der Waals surface area contributed by atoms with Gasteiger partial charge in [-0.2, -0.15) is 0 Å². The molecule has 0 aliphatic carbocycles. The van der Waals surface area contributed by atoms with Crippen molar-refractivity contribution in [2.75, 3.05) is 0 Å². The van der Waals surface area contributed by atoms with E-state index in [1.165, 1.54) is 65.2 Å². The van der Waals surface area contributed by atoms with Crippen LogP contribution in [0.5, 0.6) is 11.5 Å². The predicted molar refractivity (Wildman–Crippen MR) is 215 cm³/mol. The maximum Gasteiger partial charge on any atom is 0.143 e. The third-order valence-corrected chi connectivity index (χ3v) is 15.3. The van der Waals surface area contributed by atoms with Crippen LogP contribution in [-0.2, 0) is 5.41 Å². The Labute approximate surface area is 296 Å². The molecule has 3 heterocycles. The Hall–Kier alpha value is -5.32. The highest BCUT2D eigenvalue weighted by atomic mass is 31.1. The Balaban J connectivity index is 1.30. The number of ether oxygens (including phenoxy) is 1. The van der Waals surface area contributed by atoms with Gasteiger partial charge in [0.05, 0.1) is 0 Å². The minimum absolute atomic E-state index is 0.264. The van der Waals surface area contributed by atoms with E-state index in [-0.39, 0.29) is 5.41 Å². The van der Waals surface area contributed by atoms with Gasteiger partial charge in [-0.05, 0) is 58.7 Å². The van der Waals surface area contributed by atoms with Gasteiger partial charge in [0, 0.05) is 48.3 Å². The second-order valence-electron chi connectivity index (χ2n) is 13.4. The molecular formula is C47H36OP2. The summed E-state index contributed by atoms with van der Waals surface area (Å²) < 4.78 is 7.46. The molecule has 2 aromatic heterocycles. The van der Waals surface area contributed by atoms with E-state index < -0.39 is 15.1 Å². The zero-order valence-electron chi connectivity index (χ0n) is 28.1. The van der Waals surface area contributed by atoms with Gasteiger partial charge in [0.1, 0.15) is 11.5 Å². The third-order valence-electron chi connectivity index (χ3n) is 10.1. The third kappa shape index (κ3) is 5.09. The zero-order valence-corrected chi connectivity index (χ0v) is 29.9. The standard InChI is InChI=1S/C47H36OP2/c1-47(2)37-25-15-27-43(49-39(33-17-7-3-8-18-33)29-30-40(49)34-19-9-4-10-20-34)45(37)48-46-38(47)26-16-28-44(46)50-41(35-21-11-5-12-22-35)31-32-42(50)36-23-13-6-14-24-36/h3-32H,1-2H3. The van der Waals surface area contributed by atoms with Gasteiger partial charge in [0.25, 0.3) is 0 Å². The van der Waals surface area contributed by atoms with E-state index in [0.717, 1.165) is 11.5 Å². The van der Waals surface area contributed by atoms with E-state index in [0.29, 0.717) is 0 Å². The first-order valence-corrected chi connectivity index (χ1v) is 19.9. The van der Waals surface area contributed by atoms with Crippen LogP contribution in [0.1, 0.15) is 25.0 Å². The summed E-state index contributed by atoms with van der Waals surface area (Å²) in [6, 6.07) is 66.6. The van der Waals surface area contributed by atoms with Gasteiger partial charge in [0.15, 0.2) is 0 Å². The number of fused-ring (bicyclic) bond motifs is 2. The Morgan fingerprint density at radius 3 is 0.940 bits per heavy atom. The van der Waals surface area contributed by atoms with Crippen LogP contribution in [0.4, 0.5) is 0 Å². The van der Waals surface area contributed by atoms with Gasteiger partial charge in [0.2, 0.25) is 0 Å². The molecule has 3 heteroatoms. The van der Waals surface area contributed by atoms with Crippen molar-refractivity contribution < 1.29 is 4.74 Å². The SMILES string of the molecule is CC1(C)c2cccc(-p3c(-c4ccccc4)ccc3-c3ccccc3)c2Oc2c(-p3c(-c4ccccc4)ccc3-c3ccccc3)cccc21. The highest BCUT2D eigenvalue weighted by molar-refractivity contribution is 7.64. The molecule has 6 aromatic carbocycles. The first-order valence-electron chi connectivity index (χ1n) is 17.2. The van der Waals surface area contributed by atoms with Crippen molar-refractivity contribution in [2.45, 2.75) is 19.3 Å². The molecule has 0 amide bonds. The second kappa shape index (κ2) is 12.5. The number of hydrogen-bond donors (Lipinski definition) is 0. The summed E-state index contributed by atoms with van der Waals surface area (Å²) in [5.74, 6) is 2.03. The van der Waals surface area contributed by atoms with Gasteiger partial charge in [-0.15, -0.1) is 0 Å². The van der Waals surface area contributed by atoms with E-state index in [1.807, 2.05) is 0 Å². The number of para-hydroxylation sites is 2. The molecule has 0 spiro atoms. The molecule has 0 bridgehead atoms. The first-order chi connectivity index (χ1) is 24.6. The largest absolute Gasteiger partial charge is 0.455 e. The molecule has 0 N–H and O–H groups in total. The van der Waals surface area contributed by atoms with Crippen molar-refractivity contribution in [3.05, 3.63) is 193 Å². The van der Waals surface area contributed by atoms with E-state index in [1.54, 1.807) is 0 Å². The van der Waals surface area contributed by atoms with Crippen molar-refractivity contribution in [3.63, 3.8) is 0 Å². The fourth-order valence-electron chi connectivity index (χ4n) is 7.58. The van der Waals surface area contributed by atoms with Crippen molar-refractivity contribution in [3.8, 4) is 65.5 Å². The highest BCUT2D eigenvalue weighted by Gasteiger charge is 2.38. The lowest BCUT2D eigenvalue weighted by molar-refractivity contribution is 0.423. The number of hydrogen-bond acceptors (Lipinski definition) is 1. The molecule has 1 nitrogen and oxygen atoms in total. The van der Waals surface area contributed by atoms with Crippen LogP contribution in [0.25, 0.3) is 54.0 Å². The van der Waals surface area contributed by atoms with Crippen LogP contribution >= 0.6 is 15.1 Å². The van der Waals surface area contributed by atoms with Gasteiger partial charge in [-0.1, -0.05) is 175 Å². The minimum Gasteiger partial charge on any atom is -0.455 e. The first kappa shape index (κ1) is 30.7. The van der Waals surface area contributed by atoms with Gasteiger partial charge >= 0.3 is 0 Å². The van der Waals surface area contributed by atoms with Crippen molar-refractivity contribution in [1.29, 1.82) is 0 Å². The Morgan fingerprint density at radius 2 is 0.640 bits per heavy atom. The molecule has 1 aliphatic heterocycles. The average Bonchev–Trinajstić information content (AvgIpc) is 3.82. The normalized spacial score (nSPS) is 12.9. The minimum atomic E-state index is -0.895. The van der Waals surface area contributed by atoms with Crippen LogP contribution in [0, 0.1) is 0 Å². The zero-order chi connectivity index (χ0) is 33.7. The number of benzene rings is 6. The Bertz CT molecular complexity index is 2170. The summed E-state index contributed by atoms with van der Waals surface area (Å²) in [6.07, 6.45) is 0. The summed E-state index contributed by atoms with van der Waals surface area (Å²) in [4.78, 5) is 0. The molecular weight excluding hydrogens is 642 g/mol. The van der Waals surface area contributed by atoms with Crippen molar-refractivity contribution >= 4 is 15.1 Å². The number of rotatable bonds is 6. The molecule has 0 fully saturated rings. The smallest absolute Gasteiger partial charge is 0.143 e. The van der Waals surface area contributed by atoms with E-state index in [9.17, 15) is 0 Å². The quantitative estimate of drug-likeness (QED) is 0.170. The maximum atomic E-state index is 7.46. The molecule has 0 saturated carbocycles. The molecule has 1 aliphatic rings. The van der Waals surface area contributed by atoms with E-state index in [2.05, 4.69) is 196 Å². The lowest BCUT2D eigenvalue weighted by atomic mass is 9.76. The summed E-state index contributed by atoms with van der Waals surface area (Å²) in [5.41, 5.74) is 7.27. The topological polar surface area (TPSA) is 9.23 Å². The summed E-state index contributed by atoms with van der Waals surface area (Å²) in [7, 11) is -1.79. The van der Waals surface area contributed by atoms with Crippen molar-refractivity contribution in [2.24, 2.45) is 0 Å².